The maximum absolute atomic E-state index is 5.37. The fraction of sp³-hybridized carbons (Fsp3) is 1.00. The van der Waals surface area contributed by atoms with Crippen molar-refractivity contribution in [2.45, 2.75) is 31.7 Å². The molecule has 0 saturated carbocycles. The van der Waals surface area contributed by atoms with E-state index in [9.17, 15) is 0 Å². The van der Waals surface area contributed by atoms with Crippen LogP contribution in [0.4, 0.5) is 0 Å². The Labute approximate surface area is 91.2 Å². The number of ether oxygens (including phenoxy) is 1. The molecule has 1 N–H and O–H groups in total. The van der Waals surface area contributed by atoms with Gasteiger partial charge in [0.15, 0.2) is 0 Å². The molecule has 2 aliphatic rings. The van der Waals surface area contributed by atoms with Gasteiger partial charge in [-0.25, -0.2) is 0 Å². The lowest BCUT2D eigenvalue weighted by Crippen LogP contribution is -2.34. The Morgan fingerprint density at radius 2 is 2.07 bits per heavy atom. The van der Waals surface area contributed by atoms with Crippen molar-refractivity contribution in [1.29, 1.82) is 0 Å². The Hall–Kier alpha value is 0.270. The third kappa shape index (κ3) is 3.44. The molecule has 0 bridgehead atoms. The summed E-state index contributed by atoms with van der Waals surface area (Å²) in [5, 5.41) is 3.68. The first-order valence-electron chi connectivity index (χ1n) is 5.84. The normalized spacial score (nSPS) is 29.6. The molecular weight excluding hydrogens is 194 g/mol. The van der Waals surface area contributed by atoms with Crippen LogP contribution in [0, 0.1) is 5.92 Å². The van der Waals surface area contributed by atoms with Crippen LogP contribution >= 0.6 is 11.8 Å². The minimum absolute atomic E-state index is 0.804. The predicted molar refractivity (Wildman–Crippen MR) is 61.9 cm³/mol. The molecule has 0 aliphatic carbocycles. The van der Waals surface area contributed by atoms with E-state index in [-0.39, 0.29) is 0 Å². The summed E-state index contributed by atoms with van der Waals surface area (Å²) in [7, 11) is 0. The first kappa shape index (κ1) is 10.8. The monoisotopic (exact) mass is 215 g/mol. The zero-order valence-electron chi connectivity index (χ0n) is 8.84. The second kappa shape index (κ2) is 5.99. The average Bonchev–Trinajstić information content (AvgIpc) is 2.72. The molecule has 0 aromatic heterocycles. The van der Waals surface area contributed by atoms with E-state index in [1.807, 2.05) is 0 Å². The Bertz CT molecular complexity index is 153. The molecule has 14 heavy (non-hydrogen) atoms. The van der Waals surface area contributed by atoms with E-state index < -0.39 is 0 Å². The van der Waals surface area contributed by atoms with Gasteiger partial charge < -0.3 is 10.1 Å². The maximum atomic E-state index is 5.37. The SMILES string of the molecule is C(CC1CCOC1)NC1CCSCC1. The van der Waals surface area contributed by atoms with Gasteiger partial charge in [-0.15, -0.1) is 0 Å². The number of hydrogen-bond acceptors (Lipinski definition) is 3. The van der Waals surface area contributed by atoms with Gasteiger partial charge >= 0.3 is 0 Å². The van der Waals surface area contributed by atoms with E-state index in [0.29, 0.717) is 0 Å². The van der Waals surface area contributed by atoms with Crippen molar-refractivity contribution >= 4 is 11.8 Å². The van der Waals surface area contributed by atoms with E-state index >= 15 is 0 Å². The van der Waals surface area contributed by atoms with E-state index in [1.54, 1.807) is 0 Å². The van der Waals surface area contributed by atoms with Gasteiger partial charge in [-0.2, -0.15) is 11.8 Å². The van der Waals surface area contributed by atoms with Crippen molar-refractivity contribution < 1.29 is 4.74 Å². The minimum atomic E-state index is 0.804. The Morgan fingerprint density at radius 3 is 2.79 bits per heavy atom. The van der Waals surface area contributed by atoms with Gasteiger partial charge in [0.05, 0.1) is 0 Å². The summed E-state index contributed by atoms with van der Waals surface area (Å²) in [5.41, 5.74) is 0. The van der Waals surface area contributed by atoms with Crippen molar-refractivity contribution in [2.24, 2.45) is 5.92 Å². The first-order chi connectivity index (χ1) is 6.95. The topological polar surface area (TPSA) is 21.3 Å². The number of rotatable bonds is 4. The van der Waals surface area contributed by atoms with Crippen molar-refractivity contribution in [3.63, 3.8) is 0 Å². The lowest BCUT2D eigenvalue weighted by atomic mass is 10.0. The summed E-state index contributed by atoms with van der Waals surface area (Å²) in [5.74, 6) is 3.54. The summed E-state index contributed by atoms with van der Waals surface area (Å²) in [6, 6.07) is 0.804. The molecule has 3 heteroatoms. The zero-order valence-corrected chi connectivity index (χ0v) is 9.65. The number of hydrogen-bond donors (Lipinski definition) is 1. The Balaban J connectivity index is 1.52. The third-order valence-electron chi connectivity index (χ3n) is 3.23. The highest BCUT2D eigenvalue weighted by Gasteiger charge is 2.16. The molecule has 2 saturated heterocycles. The summed E-state index contributed by atoms with van der Waals surface area (Å²) < 4.78 is 5.37. The van der Waals surface area contributed by atoms with Crippen LogP contribution in [0.15, 0.2) is 0 Å². The predicted octanol–water partition coefficient (Wildman–Crippen LogP) is 1.90. The molecule has 0 radical (unpaired) electrons. The molecule has 2 fully saturated rings. The van der Waals surface area contributed by atoms with E-state index in [1.165, 1.54) is 43.7 Å². The molecule has 0 aromatic rings. The number of nitrogens with one attached hydrogen (secondary N) is 1. The molecule has 82 valence electrons. The molecule has 2 rings (SSSR count). The van der Waals surface area contributed by atoms with Crippen LogP contribution in [0.2, 0.25) is 0 Å². The molecule has 0 spiro atoms. The van der Waals surface area contributed by atoms with Crippen LogP contribution in [0.1, 0.15) is 25.7 Å². The van der Waals surface area contributed by atoms with E-state index in [0.717, 1.165) is 25.2 Å². The summed E-state index contributed by atoms with van der Waals surface area (Å²) >= 11 is 2.10. The van der Waals surface area contributed by atoms with Crippen LogP contribution in [0.5, 0.6) is 0 Å². The van der Waals surface area contributed by atoms with Crippen molar-refractivity contribution in [3.8, 4) is 0 Å². The second-order valence-electron chi connectivity index (χ2n) is 4.36. The molecule has 2 aliphatic heterocycles. The molecule has 2 nitrogen and oxygen atoms in total. The first-order valence-corrected chi connectivity index (χ1v) is 6.99. The molecule has 0 aromatic carbocycles. The Morgan fingerprint density at radius 1 is 1.21 bits per heavy atom. The average molecular weight is 215 g/mol. The molecule has 1 unspecified atom stereocenters. The summed E-state index contributed by atoms with van der Waals surface area (Å²) in [6.07, 6.45) is 5.32. The lowest BCUT2D eigenvalue weighted by molar-refractivity contribution is 0.184. The van der Waals surface area contributed by atoms with Gasteiger partial charge in [0.2, 0.25) is 0 Å². The van der Waals surface area contributed by atoms with Gasteiger partial charge in [-0.05, 0) is 49.7 Å². The van der Waals surface area contributed by atoms with Gasteiger partial charge in [0.25, 0.3) is 0 Å². The summed E-state index contributed by atoms with van der Waals surface area (Å²) in [4.78, 5) is 0. The quantitative estimate of drug-likeness (QED) is 0.774. The van der Waals surface area contributed by atoms with Crippen molar-refractivity contribution in [1.82, 2.24) is 5.32 Å². The fourth-order valence-electron chi connectivity index (χ4n) is 2.20. The largest absolute Gasteiger partial charge is 0.381 e. The molecule has 0 amide bonds. The smallest absolute Gasteiger partial charge is 0.0495 e. The van der Waals surface area contributed by atoms with E-state index in [4.69, 9.17) is 4.74 Å². The van der Waals surface area contributed by atoms with E-state index in [2.05, 4.69) is 17.1 Å². The van der Waals surface area contributed by atoms with Gasteiger partial charge in [0.1, 0.15) is 0 Å². The van der Waals surface area contributed by atoms with Gasteiger partial charge in [-0.1, -0.05) is 0 Å². The minimum Gasteiger partial charge on any atom is -0.381 e. The van der Waals surface area contributed by atoms with Crippen LogP contribution in [-0.4, -0.2) is 37.3 Å². The van der Waals surface area contributed by atoms with Crippen LogP contribution in [0.25, 0.3) is 0 Å². The standard InChI is InChI=1S/C11H21NOS/c1(10-2-6-13-9-10)5-12-11-3-7-14-8-4-11/h10-12H,1-9H2. The van der Waals surface area contributed by atoms with Gasteiger partial charge in [0, 0.05) is 19.3 Å². The Kier molecular flexibility index (Phi) is 4.61. The van der Waals surface area contributed by atoms with Gasteiger partial charge in [-0.3, -0.25) is 0 Å². The lowest BCUT2D eigenvalue weighted by Gasteiger charge is -2.23. The van der Waals surface area contributed by atoms with Crippen molar-refractivity contribution in [2.75, 3.05) is 31.3 Å². The number of thioether (sulfide) groups is 1. The van der Waals surface area contributed by atoms with Crippen LogP contribution < -0.4 is 5.32 Å². The molecule has 2 heterocycles. The highest BCUT2D eigenvalue weighted by Crippen LogP contribution is 2.18. The van der Waals surface area contributed by atoms with Crippen molar-refractivity contribution in [3.05, 3.63) is 0 Å². The third-order valence-corrected chi connectivity index (χ3v) is 4.28. The molecule has 1 atom stereocenters. The highest BCUT2D eigenvalue weighted by molar-refractivity contribution is 7.99. The summed E-state index contributed by atoms with van der Waals surface area (Å²) in [6.45, 7) is 3.19. The molecular formula is C11H21NOS. The maximum Gasteiger partial charge on any atom is 0.0495 e. The van der Waals surface area contributed by atoms with Crippen LogP contribution in [-0.2, 0) is 4.74 Å². The fourth-order valence-corrected chi connectivity index (χ4v) is 3.31. The van der Waals surface area contributed by atoms with Crippen LogP contribution in [0.3, 0.4) is 0 Å². The zero-order chi connectivity index (χ0) is 9.64. The second-order valence-corrected chi connectivity index (χ2v) is 5.58. The highest BCUT2D eigenvalue weighted by atomic mass is 32.2.